The summed E-state index contributed by atoms with van der Waals surface area (Å²) in [5.41, 5.74) is 0.983. The van der Waals surface area contributed by atoms with Crippen LogP contribution in [-0.4, -0.2) is 17.8 Å². The minimum Gasteiger partial charge on any atom is -0.392 e. The van der Waals surface area contributed by atoms with Crippen molar-refractivity contribution in [1.29, 1.82) is 0 Å². The zero-order valence-corrected chi connectivity index (χ0v) is 10.7. The Labute approximate surface area is 106 Å². The quantitative estimate of drug-likeness (QED) is 0.882. The summed E-state index contributed by atoms with van der Waals surface area (Å²) < 4.78 is 0. The molecule has 1 rings (SSSR count). The van der Waals surface area contributed by atoms with Gasteiger partial charge in [-0.25, -0.2) is 0 Å². The van der Waals surface area contributed by atoms with Crippen molar-refractivity contribution in [3.05, 3.63) is 33.8 Å². The van der Waals surface area contributed by atoms with Crippen molar-refractivity contribution in [3.63, 3.8) is 0 Å². The summed E-state index contributed by atoms with van der Waals surface area (Å²) >= 11 is 11.7. The van der Waals surface area contributed by atoms with Crippen LogP contribution < -0.4 is 5.32 Å². The minimum atomic E-state index is -0.346. The third-order valence-electron chi connectivity index (χ3n) is 1.77. The molecule has 1 aromatic rings. The molecule has 0 aliphatic carbocycles. The van der Waals surface area contributed by atoms with Gasteiger partial charge >= 0.3 is 0 Å². The van der Waals surface area contributed by atoms with Crippen LogP contribution in [0, 0.1) is 0 Å². The van der Waals surface area contributed by atoms with Crippen LogP contribution in [0.15, 0.2) is 18.2 Å². The number of halogens is 3. The number of hydrogen-bond acceptors (Lipinski definition) is 2. The standard InChI is InChI=1S/C10H13Cl2NO.ClH/c1-7(14)5-13-6-8-2-3-9(11)4-10(8)12;/h2-4,7,13-14H,5-6H2,1H3;1H. The van der Waals surface area contributed by atoms with Gasteiger partial charge in [-0.15, -0.1) is 12.4 Å². The first-order valence-corrected chi connectivity index (χ1v) is 5.18. The third kappa shape index (κ3) is 5.59. The van der Waals surface area contributed by atoms with E-state index in [1.54, 1.807) is 19.1 Å². The van der Waals surface area contributed by atoms with Gasteiger partial charge in [0, 0.05) is 23.1 Å². The predicted molar refractivity (Wildman–Crippen MR) is 67.1 cm³/mol. The number of benzene rings is 1. The van der Waals surface area contributed by atoms with Crippen LogP contribution in [-0.2, 0) is 6.54 Å². The van der Waals surface area contributed by atoms with Gasteiger partial charge in [0.1, 0.15) is 0 Å². The van der Waals surface area contributed by atoms with E-state index in [1.807, 2.05) is 6.07 Å². The van der Waals surface area contributed by atoms with Gasteiger partial charge in [0.05, 0.1) is 6.10 Å². The Morgan fingerprint density at radius 3 is 2.60 bits per heavy atom. The van der Waals surface area contributed by atoms with Crippen molar-refractivity contribution >= 4 is 35.6 Å². The monoisotopic (exact) mass is 269 g/mol. The molecule has 0 heterocycles. The molecule has 0 spiro atoms. The molecule has 0 saturated carbocycles. The highest BCUT2D eigenvalue weighted by atomic mass is 35.5. The highest BCUT2D eigenvalue weighted by Gasteiger charge is 2.01. The first-order chi connectivity index (χ1) is 6.59. The van der Waals surface area contributed by atoms with Crippen LogP contribution in [0.1, 0.15) is 12.5 Å². The summed E-state index contributed by atoms with van der Waals surface area (Å²) in [6.45, 7) is 2.93. The van der Waals surface area contributed by atoms with E-state index in [4.69, 9.17) is 28.3 Å². The second kappa shape index (κ2) is 7.31. The highest BCUT2D eigenvalue weighted by molar-refractivity contribution is 6.35. The zero-order chi connectivity index (χ0) is 10.6. The fourth-order valence-corrected chi connectivity index (χ4v) is 1.56. The van der Waals surface area contributed by atoms with Crippen molar-refractivity contribution in [2.24, 2.45) is 0 Å². The maximum absolute atomic E-state index is 9.03. The largest absolute Gasteiger partial charge is 0.392 e. The second-order valence-corrected chi connectivity index (χ2v) is 4.06. The molecule has 0 saturated heterocycles. The first kappa shape index (κ1) is 15.0. The predicted octanol–water partition coefficient (Wildman–Crippen LogP) is 2.89. The van der Waals surface area contributed by atoms with E-state index >= 15 is 0 Å². The Hall–Kier alpha value is 0.01000. The molecule has 0 amide bonds. The average molecular weight is 271 g/mol. The molecule has 1 unspecified atom stereocenters. The number of aliphatic hydroxyl groups excluding tert-OH is 1. The molecular weight excluding hydrogens is 256 g/mol. The fourth-order valence-electron chi connectivity index (χ4n) is 1.08. The Balaban J connectivity index is 0.00000196. The van der Waals surface area contributed by atoms with Crippen molar-refractivity contribution in [3.8, 4) is 0 Å². The molecule has 0 radical (unpaired) electrons. The van der Waals surface area contributed by atoms with Crippen LogP contribution >= 0.6 is 35.6 Å². The number of rotatable bonds is 4. The van der Waals surface area contributed by atoms with E-state index in [2.05, 4.69) is 5.32 Å². The van der Waals surface area contributed by atoms with Crippen LogP contribution in [0.2, 0.25) is 10.0 Å². The summed E-state index contributed by atoms with van der Waals surface area (Å²) in [5.74, 6) is 0. The van der Waals surface area contributed by atoms with Gasteiger partial charge in [-0.2, -0.15) is 0 Å². The van der Waals surface area contributed by atoms with Gasteiger partial charge in [-0.1, -0.05) is 29.3 Å². The lowest BCUT2D eigenvalue weighted by Crippen LogP contribution is -2.23. The lowest BCUT2D eigenvalue weighted by Gasteiger charge is -2.08. The van der Waals surface area contributed by atoms with Crippen LogP contribution in [0.3, 0.4) is 0 Å². The van der Waals surface area contributed by atoms with E-state index in [9.17, 15) is 0 Å². The number of nitrogens with one attached hydrogen (secondary N) is 1. The fraction of sp³-hybridized carbons (Fsp3) is 0.400. The molecule has 1 aromatic carbocycles. The van der Waals surface area contributed by atoms with E-state index in [-0.39, 0.29) is 18.5 Å². The molecule has 86 valence electrons. The van der Waals surface area contributed by atoms with E-state index in [1.165, 1.54) is 0 Å². The maximum Gasteiger partial charge on any atom is 0.0636 e. The molecule has 0 bridgehead atoms. The Kier molecular flexibility index (Phi) is 7.32. The average Bonchev–Trinajstić information content (AvgIpc) is 2.08. The third-order valence-corrected chi connectivity index (χ3v) is 2.36. The Morgan fingerprint density at radius 1 is 1.40 bits per heavy atom. The summed E-state index contributed by atoms with van der Waals surface area (Å²) in [6, 6.07) is 5.38. The minimum absolute atomic E-state index is 0. The van der Waals surface area contributed by atoms with Gasteiger partial charge in [-0.3, -0.25) is 0 Å². The van der Waals surface area contributed by atoms with Gasteiger partial charge in [0.25, 0.3) is 0 Å². The van der Waals surface area contributed by atoms with E-state index in [0.717, 1.165) is 5.56 Å². The molecule has 2 N–H and O–H groups in total. The van der Waals surface area contributed by atoms with Crippen molar-refractivity contribution in [1.82, 2.24) is 5.32 Å². The lowest BCUT2D eigenvalue weighted by molar-refractivity contribution is 0.191. The zero-order valence-electron chi connectivity index (χ0n) is 8.34. The summed E-state index contributed by atoms with van der Waals surface area (Å²) in [4.78, 5) is 0. The smallest absolute Gasteiger partial charge is 0.0636 e. The molecule has 0 aromatic heterocycles. The normalized spacial score (nSPS) is 12.0. The molecule has 15 heavy (non-hydrogen) atoms. The summed E-state index contributed by atoms with van der Waals surface area (Å²) in [5, 5.41) is 13.4. The van der Waals surface area contributed by atoms with E-state index in [0.29, 0.717) is 23.1 Å². The van der Waals surface area contributed by atoms with Crippen LogP contribution in [0.4, 0.5) is 0 Å². The Morgan fingerprint density at radius 2 is 2.07 bits per heavy atom. The molecule has 2 nitrogen and oxygen atoms in total. The van der Waals surface area contributed by atoms with Crippen LogP contribution in [0.5, 0.6) is 0 Å². The van der Waals surface area contributed by atoms with Crippen molar-refractivity contribution in [2.45, 2.75) is 19.6 Å². The lowest BCUT2D eigenvalue weighted by atomic mass is 10.2. The van der Waals surface area contributed by atoms with Gasteiger partial charge in [0.2, 0.25) is 0 Å². The number of aliphatic hydroxyl groups is 1. The first-order valence-electron chi connectivity index (χ1n) is 4.42. The Bertz CT molecular complexity index is 305. The topological polar surface area (TPSA) is 32.3 Å². The van der Waals surface area contributed by atoms with Gasteiger partial charge in [-0.05, 0) is 24.6 Å². The van der Waals surface area contributed by atoms with Crippen molar-refractivity contribution < 1.29 is 5.11 Å². The molecule has 1 atom stereocenters. The van der Waals surface area contributed by atoms with Gasteiger partial charge < -0.3 is 10.4 Å². The SMILES string of the molecule is CC(O)CNCc1ccc(Cl)cc1Cl.Cl. The summed E-state index contributed by atoms with van der Waals surface area (Å²) in [6.07, 6.45) is -0.346. The molecule has 5 heteroatoms. The summed E-state index contributed by atoms with van der Waals surface area (Å²) in [7, 11) is 0. The molecular formula is C10H14Cl3NO. The molecule has 0 aliphatic heterocycles. The van der Waals surface area contributed by atoms with Crippen molar-refractivity contribution in [2.75, 3.05) is 6.54 Å². The van der Waals surface area contributed by atoms with Gasteiger partial charge in [0.15, 0.2) is 0 Å². The second-order valence-electron chi connectivity index (χ2n) is 3.22. The number of hydrogen-bond donors (Lipinski definition) is 2. The molecule has 0 fully saturated rings. The molecule has 0 aliphatic rings. The maximum atomic E-state index is 9.03. The van der Waals surface area contributed by atoms with E-state index < -0.39 is 0 Å². The highest BCUT2D eigenvalue weighted by Crippen LogP contribution is 2.20. The van der Waals surface area contributed by atoms with Crippen LogP contribution in [0.25, 0.3) is 0 Å².